The zero-order chi connectivity index (χ0) is 17.3. The first-order valence-electron chi connectivity index (χ1n) is 8.21. The van der Waals surface area contributed by atoms with Gasteiger partial charge in [-0.2, -0.15) is 5.10 Å². The second-order valence-electron chi connectivity index (χ2n) is 6.07. The first kappa shape index (κ1) is 16.4. The molecular weight excluding hydrogens is 306 g/mol. The van der Waals surface area contributed by atoms with Crippen LogP contribution in [0.1, 0.15) is 41.2 Å². The molecule has 1 atom stereocenters. The van der Waals surface area contributed by atoms with Crippen LogP contribution < -0.4 is 14.8 Å². The number of rotatable bonds is 5. The van der Waals surface area contributed by atoms with Crippen LogP contribution in [0.3, 0.4) is 0 Å². The third-order valence-corrected chi connectivity index (χ3v) is 4.17. The molecule has 24 heavy (non-hydrogen) atoms. The highest BCUT2D eigenvalue weighted by Gasteiger charge is 2.22. The fourth-order valence-electron chi connectivity index (χ4n) is 3.05. The molecule has 0 aliphatic carbocycles. The summed E-state index contributed by atoms with van der Waals surface area (Å²) in [6.45, 7) is 6.92. The molecular formula is C18H23N3O3. The van der Waals surface area contributed by atoms with Gasteiger partial charge in [-0.1, -0.05) is 0 Å². The van der Waals surface area contributed by atoms with Crippen LogP contribution in [0.25, 0.3) is 0 Å². The predicted octanol–water partition coefficient (Wildman–Crippen LogP) is 2.47. The van der Waals surface area contributed by atoms with Crippen molar-refractivity contribution >= 4 is 5.91 Å². The number of ether oxygens (including phenoxy) is 2. The van der Waals surface area contributed by atoms with Crippen molar-refractivity contribution in [3.63, 3.8) is 0 Å². The average molecular weight is 329 g/mol. The fraction of sp³-hybridized carbons (Fsp3) is 0.444. The molecule has 128 valence electrons. The standard InChI is InChI=1S/C18H23N3O3/c1-5-21-15(6-11(2)20-21)18(22)19-10-14-9-17-13(7-12(3)24-17)8-16(14)23-4/h6,8-9,12H,5,7,10H2,1-4H3,(H,19,22)/t12-/m0/s1. The number of hydrogen-bond acceptors (Lipinski definition) is 4. The van der Waals surface area contributed by atoms with Crippen molar-refractivity contribution in [1.82, 2.24) is 15.1 Å². The Balaban J connectivity index is 1.77. The fourth-order valence-corrected chi connectivity index (χ4v) is 3.05. The van der Waals surface area contributed by atoms with E-state index in [0.29, 0.717) is 18.8 Å². The minimum absolute atomic E-state index is 0.144. The Morgan fingerprint density at radius 1 is 1.46 bits per heavy atom. The van der Waals surface area contributed by atoms with Crippen LogP contribution in [0.15, 0.2) is 18.2 Å². The van der Waals surface area contributed by atoms with Gasteiger partial charge in [-0.3, -0.25) is 9.48 Å². The smallest absolute Gasteiger partial charge is 0.269 e. The maximum atomic E-state index is 12.5. The summed E-state index contributed by atoms with van der Waals surface area (Å²) in [6.07, 6.45) is 1.06. The SMILES string of the molecule is CCn1nc(C)cc1C(=O)NCc1cc2c(cc1OC)C[C@H](C)O2. The van der Waals surface area contributed by atoms with Gasteiger partial charge in [0, 0.05) is 30.6 Å². The third-order valence-electron chi connectivity index (χ3n) is 4.17. The second-order valence-corrected chi connectivity index (χ2v) is 6.07. The van der Waals surface area contributed by atoms with Crippen LogP contribution in [0.5, 0.6) is 11.5 Å². The van der Waals surface area contributed by atoms with Crippen LogP contribution in [-0.2, 0) is 19.5 Å². The van der Waals surface area contributed by atoms with Crippen molar-refractivity contribution in [2.75, 3.05) is 7.11 Å². The van der Waals surface area contributed by atoms with E-state index in [2.05, 4.69) is 10.4 Å². The molecule has 0 radical (unpaired) electrons. The van der Waals surface area contributed by atoms with Crippen molar-refractivity contribution in [3.8, 4) is 11.5 Å². The molecule has 1 aromatic carbocycles. The lowest BCUT2D eigenvalue weighted by Gasteiger charge is -2.12. The van der Waals surface area contributed by atoms with E-state index in [1.165, 1.54) is 0 Å². The summed E-state index contributed by atoms with van der Waals surface area (Å²) in [5.74, 6) is 1.50. The summed E-state index contributed by atoms with van der Waals surface area (Å²) >= 11 is 0. The van der Waals surface area contributed by atoms with E-state index >= 15 is 0 Å². The molecule has 6 nitrogen and oxygen atoms in total. The molecule has 1 N–H and O–H groups in total. The summed E-state index contributed by atoms with van der Waals surface area (Å²) in [5.41, 5.74) is 3.45. The van der Waals surface area contributed by atoms with Gasteiger partial charge < -0.3 is 14.8 Å². The third kappa shape index (κ3) is 3.09. The van der Waals surface area contributed by atoms with Gasteiger partial charge in [-0.25, -0.2) is 0 Å². The van der Waals surface area contributed by atoms with Gasteiger partial charge in [-0.15, -0.1) is 0 Å². The van der Waals surface area contributed by atoms with Crippen molar-refractivity contribution in [3.05, 3.63) is 40.7 Å². The number of benzene rings is 1. The van der Waals surface area contributed by atoms with Gasteiger partial charge in [0.25, 0.3) is 5.91 Å². The Bertz CT molecular complexity index is 767. The molecule has 3 rings (SSSR count). The van der Waals surface area contributed by atoms with Gasteiger partial charge in [0.2, 0.25) is 0 Å². The largest absolute Gasteiger partial charge is 0.496 e. The van der Waals surface area contributed by atoms with Crippen LogP contribution >= 0.6 is 0 Å². The Labute approximate surface area is 141 Å². The maximum Gasteiger partial charge on any atom is 0.269 e. The minimum atomic E-state index is -0.144. The van der Waals surface area contributed by atoms with Gasteiger partial charge in [0.1, 0.15) is 23.3 Å². The predicted molar refractivity (Wildman–Crippen MR) is 90.6 cm³/mol. The number of hydrogen-bond donors (Lipinski definition) is 1. The highest BCUT2D eigenvalue weighted by Crippen LogP contribution is 2.34. The molecule has 1 amide bonds. The Hall–Kier alpha value is -2.50. The van der Waals surface area contributed by atoms with Crippen LogP contribution in [0, 0.1) is 6.92 Å². The molecule has 2 heterocycles. The van der Waals surface area contributed by atoms with Gasteiger partial charge in [0.05, 0.1) is 12.8 Å². The average Bonchev–Trinajstić information content (AvgIpc) is 3.12. The highest BCUT2D eigenvalue weighted by molar-refractivity contribution is 5.92. The van der Waals surface area contributed by atoms with Gasteiger partial charge >= 0.3 is 0 Å². The first-order chi connectivity index (χ1) is 11.5. The van der Waals surface area contributed by atoms with Gasteiger partial charge in [-0.05, 0) is 39.0 Å². The minimum Gasteiger partial charge on any atom is -0.496 e. The number of carbonyl (C=O) groups excluding carboxylic acids is 1. The monoisotopic (exact) mass is 329 g/mol. The molecule has 0 bridgehead atoms. The Kier molecular flexibility index (Phi) is 4.46. The Morgan fingerprint density at radius 2 is 2.25 bits per heavy atom. The summed E-state index contributed by atoms with van der Waals surface area (Å²) in [6, 6.07) is 5.75. The molecule has 0 saturated carbocycles. The lowest BCUT2D eigenvalue weighted by atomic mass is 10.1. The lowest BCUT2D eigenvalue weighted by molar-refractivity contribution is 0.0940. The molecule has 1 aromatic heterocycles. The first-order valence-corrected chi connectivity index (χ1v) is 8.21. The van der Waals surface area contributed by atoms with Crippen molar-refractivity contribution in [2.45, 2.75) is 46.4 Å². The van der Waals surface area contributed by atoms with Crippen LogP contribution in [0.2, 0.25) is 0 Å². The molecule has 0 fully saturated rings. The highest BCUT2D eigenvalue weighted by atomic mass is 16.5. The molecule has 2 aromatic rings. The number of aromatic nitrogens is 2. The van der Waals surface area contributed by atoms with E-state index in [9.17, 15) is 4.79 Å². The molecule has 1 aliphatic heterocycles. The van der Waals surface area contributed by atoms with E-state index in [4.69, 9.17) is 9.47 Å². The number of nitrogens with one attached hydrogen (secondary N) is 1. The summed E-state index contributed by atoms with van der Waals surface area (Å²) in [5, 5.41) is 7.25. The molecule has 1 aliphatic rings. The van der Waals surface area contributed by atoms with Crippen LogP contribution in [0.4, 0.5) is 0 Å². The maximum absolute atomic E-state index is 12.5. The second kappa shape index (κ2) is 6.55. The normalized spacial score (nSPS) is 15.8. The van der Waals surface area contributed by atoms with E-state index in [1.807, 2.05) is 32.9 Å². The number of amides is 1. The van der Waals surface area contributed by atoms with Crippen molar-refractivity contribution < 1.29 is 14.3 Å². The summed E-state index contributed by atoms with van der Waals surface area (Å²) in [4.78, 5) is 12.5. The zero-order valence-corrected chi connectivity index (χ0v) is 14.5. The quantitative estimate of drug-likeness (QED) is 0.915. The molecule has 0 unspecified atom stereocenters. The van der Waals surface area contributed by atoms with E-state index in [-0.39, 0.29) is 12.0 Å². The van der Waals surface area contributed by atoms with Crippen molar-refractivity contribution in [2.24, 2.45) is 0 Å². The van der Waals surface area contributed by atoms with E-state index in [1.54, 1.807) is 17.9 Å². The topological polar surface area (TPSA) is 65.4 Å². The number of carbonyl (C=O) groups is 1. The molecule has 6 heteroatoms. The number of fused-ring (bicyclic) bond motifs is 1. The van der Waals surface area contributed by atoms with E-state index < -0.39 is 0 Å². The molecule has 0 saturated heterocycles. The number of methoxy groups -OCH3 is 1. The van der Waals surface area contributed by atoms with E-state index in [0.717, 1.165) is 34.7 Å². The summed E-state index contributed by atoms with van der Waals surface area (Å²) in [7, 11) is 1.64. The molecule has 0 spiro atoms. The van der Waals surface area contributed by atoms with Gasteiger partial charge in [0.15, 0.2) is 0 Å². The van der Waals surface area contributed by atoms with Crippen LogP contribution in [-0.4, -0.2) is 28.9 Å². The zero-order valence-electron chi connectivity index (χ0n) is 14.5. The summed E-state index contributed by atoms with van der Waals surface area (Å²) < 4.78 is 13.0. The number of aryl methyl sites for hydroxylation is 2. The number of nitrogens with zero attached hydrogens (tertiary/aromatic N) is 2. The Morgan fingerprint density at radius 3 is 2.96 bits per heavy atom. The lowest BCUT2D eigenvalue weighted by Crippen LogP contribution is -2.25. The van der Waals surface area contributed by atoms with Crippen molar-refractivity contribution in [1.29, 1.82) is 0 Å².